The molecule has 0 saturated carbocycles. The Balaban J connectivity index is 1.36. The summed E-state index contributed by atoms with van der Waals surface area (Å²) in [5.41, 5.74) is 3.61. The van der Waals surface area contributed by atoms with Crippen LogP contribution < -0.4 is 5.32 Å². The van der Waals surface area contributed by atoms with Crippen LogP contribution in [-0.4, -0.2) is 71.3 Å². The van der Waals surface area contributed by atoms with Crippen LogP contribution in [0.4, 0.5) is 0 Å². The minimum absolute atomic E-state index is 0.0219. The highest BCUT2D eigenvalue weighted by Crippen LogP contribution is 2.25. The fourth-order valence-corrected chi connectivity index (χ4v) is 4.32. The second-order valence-electron chi connectivity index (χ2n) is 8.45. The van der Waals surface area contributed by atoms with Gasteiger partial charge in [-0.3, -0.25) is 4.79 Å². The zero-order chi connectivity index (χ0) is 23.0. The molecule has 0 unspecified atom stereocenters. The van der Waals surface area contributed by atoms with Crippen LogP contribution >= 0.6 is 11.6 Å². The number of aromatic nitrogens is 2. The van der Waals surface area contributed by atoms with E-state index in [0.717, 1.165) is 68.2 Å². The molecule has 2 aromatic carbocycles. The van der Waals surface area contributed by atoms with Crippen molar-refractivity contribution in [2.45, 2.75) is 19.8 Å². The Labute approximate surface area is 201 Å². The van der Waals surface area contributed by atoms with Gasteiger partial charge >= 0.3 is 0 Å². The number of benzene rings is 2. The summed E-state index contributed by atoms with van der Waals surface area (Å²) >= 11 is 6.07. The Morgan fingerprint density at radius 2 is 1.70 bits per heavy atom. The van der Waals surface area contributed by atoms with Gasteiger partial charge < -0.3 is 15.1 Å². The molecule has 6 nitrogen and oxygen atoms in total. The van der Waals surface area contributed by atoms with Gasteiger partial charge in [-0.25, -0.2) is 4.68 Å². The maximum absolute atomic E-state index is 12.7. The minimum atomic E-state index is 0.0219. The summed E-state index contributed by atoms with van der Waals surface area (Å²) in [6, 6.07) is 17.5. The second-order valence-corrected chi connectivity index (χ2v) is 8.88. The summed E-state index contributed by atoms with van der Waals surface area (Å²) in [6.07, 6.45) is 3.21. The topological polar surface area (TPSA) is 53.4 Å². The van der Waals surface area contributed by atoms with E-state index in [1.165, 1.54) is 0 Å². The first-order chi connectivity index (χ1) is 16.1. The van der Waals surface area contributed by atoms with Gasteiger partial charge in [-0.15, -0.1) is 0 Å². The van der Waals surface area contributed by atoms with E-state index in [0.29, 0.717) is 18.0 Å². The van der Waals surface area contributed by atoms with Crippen LogP contribution in [-0.2, 0) is 11.2 Å². The number of rotatable bonds is 9. The van der Waals surface area contributed by atoms with Gasteiger partial charge in [0.25, 0.3) is 0 Å². The molecule has 0 bridgehead atoms. The van der Waals surface area contributed by atoms with E-state index in [1.54, 1.807) is 0 Å². The lowest BCUT2D eigenvalue weighted by atomic mass is 10.1. The Morgan fingerprint density at radius 3 is 2.39 bits per heavy atom. The molecule has 0 spiro atoms. The maximum Gasteiger partial charge on any atom is 0.224 e. The predicted octanol–water partition coefficient (Wildman–Crippen LogP) is 3.88. The van der Waals surface area contributed by atoms with Gasteiger partial charge in [0.2, 0.25) is 5.91 Å². The second kappa shape index (κ2) is 11.5. The summed E-state index contributed by atoms with van der Waals surface area (Å²) in [7, 11) is 0. The number of piperazine rings is 1. The number of carbonyl (C=O) groups excluding carboxylic acids is 1. The van der Waals surface area contributed by atoms with Crippen molar-refractivity contribution >= 4 is 17.5 Å². The molecule has 0 aliphatic carbocycles. The van der Waals surface area contributed by atoms with Crippen molar-refractivity contribution in [1.82, 2.24) is 24.9 Å². The molecule has 1 aliphatic rings. The lowest BCUT2D eigenvalue weighted by molar-refractivity contribution is -0.120. The Bertz CT molecular complexity index is 1030. The Hall–Kier alpha value is -2.67. The van der Waals surface area contributed by atoms with Crippen molar-refractivity contribution in [3.63, 3.8) is 0 Å². The van der Waals surface area contributed by atoms with Crippen molar-refractivity contribution in [1.29, 1.82) is 0 Å². The monoisotopic (exact) mass is 465 g/mol. The molecule has 0 radical (unpaired) electrons. The molecule has 2 heterocycles. The van der Waals surface area contributed by atoms with E-state index < -0.39 is 0 Å². The first-order valence-corrected chi connectivity index (χ1v) is 12.1. The van der Waals surface area contributed by atoms with Crippen LogP contribution in [0.2, 0.25) is 5.02 Å². The number of nitrogens with one attached hydrogen (secondary N) is 1. The van der Waals surface area contributed by atoms with Gasteiger partial charge in [0.15, 0.2) is 0 Å². The average molecular weight is 466 g/mol. The van der Waals surface area contributed by atoms with Crippen LogP contribution in [0.1, 0.15) is 18.9 Å². The molecule has 174 valence electrons. The van der Waals surface area contributed by atoms with Gasteiger partial charge in [-0.2, -0.15) is 5.10 Å². The van der Waals surface area contributed by atoms with Gasteiger partial charge in [0.05, 0.1) is 17.8 Å². The van der Waals surface area contributed by atoms with Crippen LogP contribution in [0.3, 0.4) is 0 Å². The quantitative estimate of drug-likeness (QED) is 0.487. The van der Waals surface area contributed by atoms with E-state index >= 15 is 0 Å². The number of hydrogen-bond donors (Lipinski definition) is 1. The fourth-order valence-electron chi connectivity index (χ4n) is 4.20. The van der Waals surface area contributed by atoms with Crippen LogP contribution in [0.15, 0.2) is 60.8 Å². The fraction of sp³-hybridized carbons (Fsp3) is 0.385. The van der Waals surface area contributed by atoms with Gasteiger partial charge in [-0.05, 0) is 43.8 Å². The molecule has 33 heavy (non-hydrogen) atoms. The summed E-state index contributed by atoms with van der Waals surface area (Å²) in [4.78, 5) is 17.7. The molecule has 1 saturated heterocycles. The predicted molar refractivity (Wildman–Crippen MR) is 134 cm³/mol. The summed E-state index contributed by atoms with van der Waals surface area (Å²) in [5, 5.41) is 8.56. The van der Waals surface area contributed by atoms with Crippen molar-refractivity contribution in [3.05, 3.63) is 71.4 Å². The van der Waals surface area contributed by atoms with Crippen molar-refractivity contribution in [2.24, 2.45) is 0 Å². The highest BCUT2D eigenvalue weighted by atomic mass is 35.5. The normalized spacial score (nSPS) is 15.0. The number of likely N-dealkylation sites (N-methyl/N-ethyl adjacent to an activating group) is 1. The van der Waals surface area contributed by atoms with Crippen LogP contribution in [0.25, 0.3) is 16.9 Å². The molecular formula is C26H32ClN5O. The van der Waals surface area contributed by atoms with E-state index in [1.807, 2.05) is 65.5 Å². The highest BCUT2D eigenvalue weighted by molar-refractivity contribution is 6.30. The molecule has 0 atom stereocenters. The molecule has 4 rings (SSSR count). The van der Waals surface area contributed by atoms with Crippen molar-refractivity contribution in [3.8, 4) is 16.9 Å². The van der Waals surface area contributed by atoms with Gasteiger partial charge in [-0.1, -0.05) is 48.9 Å². The zero-order valence-corrected chi connectivity index (χ0v) is 20.0. The van der Waals surface area contributed by atoms with Crippen LogP contribution in [0, 0.1) is 0 Å². The smallest absolute Gasteiger partial charge is 0.224 e. The molecule has 1 fully saturated rings. The molecule has 3 aromatic rings. The Kier molecular flexibility index (Phi) is 8.15. The molecule has 1 aliphatic heterocycles. The first-order valence-electron chi connectivity index (χ1n) is 11.7. The zero-order valence-electron chi connectivity index (χ0n) is 19.2. The SMILES string of the molecule is CCN1CCN(CCCNC(=O)Cc2cn(-c3ccccc3)nc2-c2ccc(Cl)cc2)CC1. The number of carbonyl (C=O) groups is 1. The minimum Gasteiger partial charge on any atom is -0.356 e. The summed E-state index contributed by atoms with van der Waals surface area (Å²) in [5.74, 6) is 0.0219. The van der Waals surface area contributed by atoms with Crippen LogP contribution in [0.5, 0.6) is 0 Å². The summed E-state index contributed by atoms with van der Waals surface area (Å²) < 4.78 is 1.84. The molecule has 1 amide bonds. The van der Waals surface area contributed by atoms with E-state index in [9.17, 15) is 4.79 Å². The lowest BCUT2D eigenvalue weighted by Gasteiger charge is -2.33. The number of halogens is 1. The first kappa shape index (κ1) is 23.5. The Morgan fingerprint density at radius 1 is 1.00 bits per heavy atom. The third-order valence-electron chi connectivity index (χ3n) is 6.16. The molecule has 7 heteroatoms. The number of nitrogens with zero attached hydrogens (tertiary/aromatic N) is 4. The van der Waals surface area contributed by atoms with Crippen molar-refractivity contribution in [2.75, 3.05) is 45.8 Å². The number of hydrogen-bond acceptors (Lipinski definition) is 4. The molecule has 1 aromatic heterocycles. The lowest BCUT2D eigenvalue weighted by Crippen LogP contribution is -2.46. The number of para-hydroxylation sites is 1. The summed E-state index contributed by atoms with van der Waals surface area (Å²) in [6.45, 7) is 9.57. The van der Waals surface area contributed by atoms with Gasteiger partial charge in [0.1, 0.15) is 0 Å². The van der Waals surface area contributed by atoms with Gasteiger partial charge in [0, 0.05) is 55.1 Å². The number of amides is 1. The molecular weight excluding hydrogens is 434 g/mol. The third-order valence-corrected chi connectivity index (χ3v) is 6.42. The van der Waals surface area contributed by atoms with E-state index in [4.69, 9.17) is 16.7 Å². The van der Waals surface area contributed by atoms with Crippen molar-refractivity contribution < 1.29 is 4.79 Å². The van der Waals surface area contributed by atoms with E-state index in [2.05, 4.69) is 22.0 Å². The average Bonchev–Trinajstić information content (AvgIpc) is 3.27. The highest BCUT2D eigenvalue weighted by Gasteiger charge is 2.17. The maximum atomic E-state index is 12.7. The van der Waals surface area contributed by atoms with E-state index in [-0.39, 0.29) is 5.91 Å². The third kappa shape index (κ3) is 6.44. The standard InChI is InChI=1S/C26H32ClN5O/c1-2-30-15-17-31(18-16-30)14-6-13-28-25(33)19-22-20-32(24-7-4-3-5-8-24)29-26(22)21-9-11-23(27)12-10-21/h3-5,7-12,20H,2,6,13-19H2,1H3,(H,28,33). The molecule has 1 N–H and O–H groups in total. The largest absolute Gasteiger partial charge is 0.356 e.